The Morgan fingerprint density at radius 2 is 2.09 bits per heavy atom. The molecular weight excluding hydrogens is 335 g/mol. The molecule has 3 rings (SSSR count). The number of rotatable bonds is 4. The maximum atomic E-state index is 11.6. The van der Waals surface area contributed by atoms with Crippen LogP contribution in [0.4, 0.5) is 0 Å². The van der Waals surface area contributed by atoms with Gasteiger partial charge >= 0.3 is 7.82 Å². The number of nitrogens with one attached hydrogen (secondary N) is 1. The van der Waals surface area contributed by atoms with Gasteiger partial charge in [-0.2, -0.15) is 0 Å². The van der Waals surface area contributed by atoms with E-state index in [4.69, 9.17) is 14.5 Å². The van der Waals surface area contributed by atoms with E-state index in [0.29, 0.717) is 0 Å². The number of hydrogen-bond donors (Lipinski definition) is 5. The van der Waals surface area contributed by atoms with Crippen LogP contribution in [0.3, 0.4) is 0 Å². The largest absolute Gasteiger partial charge is 0.469 e. The van der Waals surface area contributed by atoms with Gasteiger partial charge in [-0.15, -0.1) is 0 Å². The maximum absolute atomic E-state index is 11.6. The second-order valence-electron chi connectivity index (χ2n) is 4.89. The average molecular weight is 348 g/mol. The topological polar surface area (TPSA) is 180 Å². The summed E-state index contributed by atoms with van der Waals surface area (Å²) in [5, 5.41) is 20.0. The molecule has 0 saturated carbocycles. The summed E-state index contributed by atoms with van der Waals surface area (Å²) in [5.41, 5.74) is -0.336. The molecule has 0 spiro atoms. The van der Waals surface area contributed by atoms with Gasteiger partial charge in [-0.1, -0.05) is 0 Å². The third-order valence-corrected chi connectivity index (χ3v) is 3.87. The molecule has 0 bridgehead atoms. The Morgan fingerprint density at radius 3 is 2.78 bits per heavy atom. The van der Waals surface area contributed by atoms with Gasteiger partial charge in [-0.3, -0.25) is 13.9 Å². The number of phosphoric acid groups is 1. The molecule has 5 N–H and O–H groups in total. The average Bonchev–Trinajstić information content (AvgIpc) is 3.01. The van der Waals surface area contributed by atoms with E-state index in [1.54, 1.807) is 0 Å². The smallest absolute Gasteiger partial charge is 0.387 e. The number of nitrogens with zero attached hydrogens (tertiary/aromatic N) is 3. The fraction of sp³-hybridized carbons (Fsp3) is 0.500. The van der Waals surface area contributed by atoms with Crippen molar-refractivity contribution in [2.24, 2.45) is 0 Å². The fourth-order valence-corrected chi connectivity index (χ4v) is 2.66. The van der Waals surface area contributed by atoms with Gasteiger partial charge in [0.2, 0.25) is 0 Å². The van der Waals surface area contributed by atoms with Crippen LogP contribution in [-0.4, -0.2) is 64.4 Å². The lowest BCUT2D eigenvalue weighted by molar-refractivity contribution is -0.0504. The molecule has 12 nitrogen and oxygen atoms in total. The molecule has 3 heterocycles. The van der Waals surface area contributed by atoms with Crippen LogP contribution in [0.5, 0.6) is 0 Å². The number of imidazole rings is 1. The predicted octanol–water partition coefficient (Wildman–Crippen LogP) is -2.15. The van der Waals surface area contributed by atoms with Gasteiger partial charge in [0.05, 0.1) is 19.3 Å². The molecule has 126 valence electrons. The zero-order chi connectivity index (χ0) is 16.8. The van der Waals surface area contributed by atoms with E-state index in [-0.39, 0.29) is 11.2 Å². The summed E-state index contributed by atoms with van der Waals surface area (Å²) in [6, 6.07) is 0. The van der Waals surface area contributed by atoms with Crippen LogP contribution < -0.4 is 5.56 Å². The Morgan fingerprint density at radius 1 is 1.35 bits per heavy atom. The second kappa shape index (κ2) is 5.76. The third-order valence-electron chi connectivity index (χ3n) is 3.38. The molecule has 1 aliphatic rings. The van der Waals surface area contributed by atoms with Crippen molar-refractivity contribution in [3.05, 3.63) is 23.0 Å². The molecule has 2 unspecified atom stereocenters. The lowest BCUT2D eigenvalue weighted by Gasteiger charge is -2.16. The summed E-state index contributed by atoms with van der Waals surface area (Å²) in [7, 11) is -4.74. The molecule has 2 aromatic rings. The standard InChI is InChI=1S/C10H13N4O8P/c15-6-4(1-21-23(18,19)20)22-10(7(6)16)14-3-13-5-8(14)11-2-12-9(5)17/h2-4,6-7,10,15-16H,1H2,(H,11,12,17)(H2,18,19,20)/t4-,6?,7?,10-/m1/s1. The van der Waals surface area contributed by atoms with Crippen molar-refractivity contribution < 1.29 is 33.8 Å². The Labute approximate surface area is 127 Å². The summed E-state index contributed by atoms with van der Waals surface area (Å²) in [4.78, 5) is 39.1. The van der Waals surface area contributed by atoms with E-state index >= 15 is 0 Å². The minimum Gasteiger partial charge on any atom is -0.387 e. The van der Waals surface area contributed by atoms with Crippen LogP contribution in [0.15, 0.2) is 17.4 Å². The van der Waals surface area contributed by atoms with Gasteiger partial charge in [-0.05, 0) is 0 Å². The fourth-order valence-electron chi connectivity index (χ4n) is 2.32. The van der Waals surface area contributed by atoms with Crippen molar-refractivity contribution in [2.45, 2.75) is 24.5 Å². The van der Waals surface area contributed by atoms with Crippen LogP contribution in [0.1, 0.15) is 6.23 Å². The first-order chi connectivity index (χ1) is 10.8. The normalized spacial score (nSPS) is 28.5. The predicted molar refractivity (Wildman–Crippen MR) is 72.1 cm³/mol. The van der Waals surface area contributed by atoms with Crippen molar-refractivity contribution in [1.82, 2.24) is 19.5 Å². The van der Waals surface area contributed by atoms with Gasteiger partial charge in [0.25, 0.3) is 5.56 Å². The number of hydrogen-bond acceptors (Lipinski definition) is 8. The number of phosphoric ester groups is 1. The van der Waals surface area contributed by atoms with E-state index in [1.807, 2.05) is 0 Å². The van der Waals surface area contributed by atoms with Crippen molar-refractivity contribution in [2.75, 3.05) is 6.61 Å². The molecule has 0 aromatic carbocycles. The number of aromatic amines is 1. The Balaban J connectivity index is 1.87. The van der Waals surface area contributed by atoms with Crippen molar-refractivity contribution in [1.29, 1.82) is 0 Å². The quantitative estimate of drug-likeness (QED) is 0.382. The van der Waals surface area contributed by atoms with E-state index in [9.17, 15) is 19.6 Å². The number of aliphatic hydroxyl groups excluding tert-OH is 2. The van der Waals surface area contributed by atoms with Crippen LogP contribution in [0.2, 0.25) is 0 Å². The summed E-state index contributed by atoms with van der Waals surface area (Å²) in [5.74, 6) is 0. The van der Waals surface area contributed by atoms with Crippen molar-refractivity contribution in [3.8, 4) is 0 Å². The van der Waals surface area contributed by atoms with E-state index in [0.717, 1.165) is 6.33 Å². The molecule has 1 fully saturated rings. The van der Waals surface area contributed by atoms with Crippen LogP contribution in [-0.2, 0) is 13.8 Å². The lowest BCUT2D eigenvalue weighted by Crippen LogP contribution is -2.33. The van der Waals surface area contributed by atoms with Crippen LogP contribution in [0.25, 0.3) is 11.2 Å². The number of ether oxygens (including phenoxy) is 1. The van der Waals surface area contributed by atoms with E-state index in [1.165, 1.54) is 10.9 Å². The summed E-state index contributed by atoms with van der Waals surface area (Å²) < 4.78 is 21.6. The molecular formula is C10H13N4O8P. The highest BCUT2D eigenvalue weighted by molar-refractivity contribution is 7.46. The third kappa shape index (κ3) is 3.05. The molecule has 0 amide bonds. The molecule has 2 aromatic heterocycles. The first-order valence-corrected chi connectivity index (χ1v) is 7.93. The maximum Gasteiger partial charge on any atom is 0.469 e. The molecule has 0 aliphatic carbocycles. The van der Waals surface area contributed by atoms with Crippen molar-refractivity contribution >= 4 is 19.0 Å². The summed E-state index contributed by atoms with van der Waals surface area (Å²) >= 11 is 0. The molecule has 13 heteroatoms. The lowest BCUT2D eigenvalue weighted by atomic mass is 10.1. The highest BCUT2D eigenvalue weighted by atomic mass is 31.2. The van der Waals surface area contributed by atoms with Gasteiger partial charge in [0, 0.05) is 0 Å². The molecule has 1 saturated heterocycles. The van der Waals surface area contributed by atoms with E-state index in [2.05, 4.69) is 19.5 Å². The zero-order valence-electron chi connectivity index (χ0n) is 11.4. The zero-order valence-corrected chi connectivity index (χ0v) is 12.3. The highest BCUT2D eigenvalue weighted by Crippen LogP contribution is 2.38. The van der Waals surface area contributed by atoms with Gasteiger partial charge in [0.1, 0.15) is 18.3 Å². The van der Waals surface area contributed by atoms with Crippen molar-refractivity contribution in [3.63, 3.8) is 0 Å². The number of aromatic nitrogens is 4. The van der Waals surface area contributed by atoms with Gasteiger partial charge in [0.15, 0.2) is 17.4 Å². The van der Waals surface area contributed by atoms with E-state index < -0.39 is 44.5 Å². The first-order valence-electron chi connectivity index (χ1n) is 6.40. The molecule has 23 heavy (non-hydrogen) atoms. The van der Waals surface area contributed by atoms with Gasteiger partial charge < -0.3 is 29.7 Å². The molecule has 1 aliphatic heterocycles. The SMILES string of the molecule is O=c1[nH]cnc2c1ncn2[C@@H]1O[C@H](COP(=O)(O)O)C(O)C1O. The molecule has 0 radical (unpaired) electrons. The Hall–Kier alpha value is -1.66. The number of H-pyrrole nitrogens is 1. The van der Waals surface area contributed by atoms with Crippen LogP contribution >= 0.6 is 7.82 Å². The summed E-state index contributed by atoms with van der Waals surface area (Å²) in [6.45, 7) is -0.625. The van der Waals surface area contributed by atoms with Gasteiger partial charge in [-0.25, -0.2) is 14.5 Å². The number of aliphatic hydroxyl groups is 2. The number of fused-ring (bicyclic) bond motifs is 1. The van der Waals surface area contributed by atoms with Crippen LogP contribution in [0, 0.1) is 0 Å². The minimum atomic E-state index is -4.74. The Bertz CT molecular complexity index is 815. The molecule has 4 atom stereocenters. The monoisotopic (exact) mass is 348 g/mol. The minimum absolute atomic E-state index is 0.0210. The Kier molecular flexibility index (Phi) is 4.06. The first kappa shape index (κ1) is 16.2. The second-order valence-corrected chi connectivity index (χ2v) is 6.13. The highest BCUT2D eigenvalue weighted by Gasteiger charge is 2.45. The summed E-state index contributed by atoms with van der Waals surface area (Å²) in [6.07, 6.45) is -2.85.